The van der Waals surface area contributed by atoms with Gasteiger partial charge in [-0.15, -0.1) is 11.6 Å². The monoisotopic (exact) mass is 362 g/mol. The van der Waals surface area contributed by atoms with E-state index in [2.05, 4.69) is 22.0 Å². The van der Waals surface area contributed by atoms with Gasteiger partial charge in [-0.3, -0.25) is 0 Å². The lowest BCUT2D eigenvalue weighted by Crippen LogP contribution is -1.96. The van der Waals surface area contributed by atoms with Gasteiger partial charge < -0.3 is 0 Å². The van der Waals surface area contributed by atoms with Crippen LogP contribution in [0.15, 0.2) is 59.1 Å². The van der Waals surface area contributed by atoms with E-state index in [4.69, 9.17) is 11.6 Å². The van der Waals surface area contributed by atoms with Crippen molar-refractivity contribution in [1.82, 2.24) is 0 Å². The van der Waals surface area contributed by atoms with Gasteiger partial charge in [0.05, 0.1) is 5.38 Å². The van der Waals surface area contributed by atoms with Gasteiger partial charge in [0, 0.05) is 9.86 Å². The fraction of sp³-hybridized carbons (Fsp3) is 0.111. The Bertz CT molecular complexity index is 813. The summed E-state index contributed by atoms with van der Waals surface area (Å²) in [6.07, 6.45) is 0. The molecule has 0 aliphatic carbocycles. The molecule has 1 atom stereocenters. The molecule has 106 valence electrons. The molecular weight excluding hydrogens is 351 g/mol. The van der Waals surface area contributed by atoms with Crippen molar-refractivity contribution in [2.45, 2.75) is 12.3 Å². The molecule has 3 heteroatoms. The lowest BCUT2D eigenvalue weighted by molar-refractivity contribution is 0.639. The summed E-state index contributed by atoms with van der Waals surface area (Å²) >= 11 is 10.1. The zero-order valence-corrected chi connectivity index (χ0v) is 13.7. The lowest BCUT2D eigenvalue weighted by atomic mass is 9.97. The molecule has 0 saturated heterocycles. The Morgan fingerprint density at radius 2 is 1.71 bits per heavy atom. The predicted octanol–water partition coefficient (Wildman–Crippen LogP) is 6.38. The largest absolute Gasteiger partial charge is 0.206 e. The first-order valence-electron chi connectivity index (χ1n) is 6.65. The van der Waals surface area contributed by atoms with Crippen LogP contribution in [0.2, 0.25) is 0 Å². The van der Waals surface area contributed by atoms with Crippen molar-refractivity contribution in [3.8, 4) is 0 Å². The van der Waals surface area contributed by atoms with Crippen LogP contribution in [-0.2, 0) is 0 Å². The predicted molar refractivity (Wildman–Crippen MR) is 90.5 cm³/mol. The van der Waals surface area contributed by atoms with Crippen molar-refractivity contribution >= 4 is 38.3 Å². The number of rotatable bonds is 2. The third-order valence-corrected chi connectivity index (χ3v) is 5.03. The normalized spacial score (nSPS) is 12.6. The molecule has 0 aromatic heterocycles. The molecule has 21 heavy (non-hydrogen) atoms. The summed E-state index contributed by atoms with van der Waals surface area (Å²) in [7, 11) is 0. The van der Waals surface area contributed by atoms with Crippen LogP contribution in [0.1, 0.15) is 22.1 Å². The van der Waals surface area contributed by atoms with Gasteiger partial charge in [-0.2, -0.15) is 0 Å². The first-order chi connectivity index (χ1) is 10.1. The standard InChI is InChI=1S/C18H13BrClF/c1-11-10-12(6-8-16(11)19)18(20)15-7-9-17(21)14-5-3-2-4-13(14)15/h2-10,18H,1H3. The number of fused-ring (bicyclic) bond motifs is 1. The van der Waals surface area contributed by atoms with Crippen LogP contribution in [0.25, 0.3) is 10.8 Å². The molecule has 1 unspecified atom stereocenters. The molecular formula is C18H13BrClF. The average Bonchev–Trinajstić information content (AvgIpc) is 2.50. The molecule has 0 bridgehead atoms. The van der Waals surface area contributed by atoms with Crippen LogP contribution < -0.4 is 0 Å². The zero-order valence-electron chi connectivity index (χ0n) is 11.4. The van der Waals surface area contributed by atoms with Crippen LogP contribution >= 0.6 is 27.5 Å². The second-order valence-corrected chi connectivity index (χ2v) is 6.34. The fourth-order valence-corrected chi connectivity index (χ4v) is 3.08. The van der Waals surface area contributed by atoms with E-state index in [1.54, 1.807) is 12.1 Å². The minimum Gasteiger partial charge on any atom is -0.206 e. The van der Waals surface area contributed by atoms with E-state index in [9.17, 15) is 4.39 Å². The van der Waals surface area contributed by atoms with Crippen LogP contribution in [-0.4, -0.2) is 0 Å². The highest BCUT2D eigenvalue weighted by Gasteiger charge is 2.16. The minimum atomic E-state index is -0.303. The van der Waals surface area contributed by atoms with Gasteiger partial charge in [0.15, 0.2) is 0 Å². The van der Waals surface area contributed by atoms with Gasteiger partial charge in [0.2, 0.25) is 0 Å². The van der Waals surface area contributed by atoms with Crippen LogP contribution in [0.5, 0.6) is 0 Å². The highest BCUT2D eigenvalue weighted by molar-refractivity contribution is 9.10. The second-order valence-electron chi connectivity index (χ2n) is 5.05. The topological polar surface area (TPSA) is 0 Å². The van der Waals surface area contributed by atoms with E-state index in [0.29, 0.717) is 5.39 Å². The van der Waals surface area contributed by atoms with Crippen LogP contribution in [0.3, 0.4) is 0 Å². The third-order valence-electron chi connectivity index (χ3n) is 3.65. The molecule has 3 aromatic rings. The Morgan fingerprint density at radius 1 is 1.00 bits per heavy atom. The lowest BCUT2D eigenvalue weighted by Gasteiger charge is -2.15. The molecule has 0 saturated carbocycles. The summed E-state index contributed by atoms with van der Waals surface area (Å²) in [6.45, 7) is 2.03. The summed E-state index contributed by atoms with van der Waals surface area (Å²) in [5.41, 5.74) is 3.06. The van der Waals surface area contributed by atoms with E-state index in [-0.39, 0.29) is 11.2 Å². The molecule has 3 aromatic carbocycles. The highest BCUT2D eigenvalue weighted by Crippen LogP contribution is 2.35. The fourth-order valence-electron chi connectivity index (χ4n) is 2.51. The Labute approximate surface area is 136 Å². The summed E-state index contributed by atoms with van der Waals surface area (Å²) in [5.74, 6) is -0.217. The summed E-state index contributed by atoms with van der Waals surface area (Å²) < 4.78 is 15.0. The van der Waals surface area contributed by atoms with Gasteiger partial charge >= 0.3 is 0 Å². The van der Waals surface area contributed by atoms with E-state index < -0.39 is 0 Å². The number of hydrogen-bond donors (Lipinski definition) is 0. The van der Waals surface area contributed by atoms with Gasteiger partial charge in [-0.25, -0.2) is 4.39 Å². The van der Waals surface area contributed by atoms with Gasteiger partial charge in [0.1, 0.15) is 5.82 Å². The van der Waals surface area contributed by atoms with Gasteiger partial charge in [-0.05, 0) is 41.1 Å². The maximum atomic E-state index is 13.9. The molecule has 0 N–H and O–H groups in total. The van der Waals surface area contributed by atoms with E-state index in [1.807, 2.05) is 37.3 Å². The highest BCUT2D eigenvalue weighted by atomic mass is 79.9. The van der Waals surface area contributed by atoms with Crippen molar-refractivity contribution in [2.24, 2.45) is 0 Å². The number of hydrogen-bond acceptors (Lipinski definition) is 0. The van der Waals surface area contributed by atoms with E-state index in [1.165, 1.54) is 6.07 Å². The Hall–Kier alpha value is -1.38. The molecule has 0 spiro atoms. The quantitative estimate of drug-likeness (QED) is 0.463. The van der Waals surface area contributed by atoms with Crippen LogP contribution in [0, 0.1) is 12.7 Å². The minimum absolute atomic E-state index is 0.217. The third kappa shape index (κ3) is 2.70. The molecule has 3 rings (SSSR count). The molecule has 0 nitrogen and oxygen atoms in total. The van der Waals surface area contributed by atoms with E-state index in [0.717, 1.165) is 26.5 Å². The number of aryl methyl sites for hydroxylation is 1. The van der Waals surface area contributed by atoms with Crippen LogP contribution in [0.4, 0.5) is 4.39 Å². The zero-order chi connectivity index (χ0) is 15.0. The molecule has 0 radical (unpaired) electrons. The van der Waals surface area contributed by atoms with Crippen molar-refractivity contribution < 1.29 is 4.39 Å². The molecule has 0 amide bonds. The smallest absolute Gasteiger partial charge is 0.131 e. The van der Waals surface area contributed by atoms with Gasteiger partial charge in [-0.1, -0.05) is 58.4 Å². The van der Waals surface area contributed by atoms with Gasteiger partial charge in [0.25, 0.3) is 0 Å². The maximum Gasteiger partial charge on any atom is 0.131 e. The Balaban J connectivity index is 2.15. The molecule has 0 aliphatic rings. The first-order valence-corrected chi connectivity index (χ1v) is 7.88. The summed E-state index contributed by atoms with van der Waals surface area (Å²) in [5, 5.41) is 1.16. The molecule has 0 fully saturated rings. The maximum absolute atomic E-state index is 13.9. The molecule has 0 heterocycles. The number of halogens is 3. The summed E-state index contributed by atoms with van der Waals surface area (Å²) in [4.78, 5) is 0. The number of benzene rings is 3. The Morgan fingerprint density at radius 3 is 2.43 bits per heavy atom. The first kappa shape index (κ1) is 14.6. The van der Waals surface area contributed by atoms with E-state index >= 15 is 0 Å². The molecule has 0 aliphatic heterocycles. The van der Waals surface area contributed by atoms with Crippen molar-refractivity contribution in [3.05, 3.63) is 81.6 Å². The second kappa shape index (κ2) is 5.78. The average molecular weight is 364 g/mol. The Kier molecular flexibility index (Phi) is 4.01. The van der Waals surface area contributed by atoms with Crippen molar-refractivity contribution in [3.63, 3.8) is 0 Å². The van der Waals surface area contributed by atoms with Crippen molar-refractivity contribution in [2.75, 3.05) is 0 Å². The SMILES string of the molecule is Cc1cc(C(Cl)c2ccc(F)c3ccccc23)ccc1Br. The summed E-state index contributed by atoms with van der Waals surface area (Å²) in [6, 6.07) is 16.7. The number of alkyl halides is 1. The van der Waals surface area contributed by atoms with Crippen molar-refractivity contribution in [1.29, 1.82) is 0 Å².